The highest BCUT2D eigenvalue weighted by Crippen LogP contribution is 2.25. The van der Waals surface area contributed by atoms with Crippen LogP contribution in [0.5, 0.6) is 5.75 Å². The number of carbonyl (C=O) groups excluding carboxylic acids is 1. The first-order valence-electron chi connectivity index (χ1n) is 4.18. The largest absolute Gasteiger partial charge is 0.495 e. The third-order valence-corrected chi connectivity index (χ3v) is 2.42. The number of halogens is 1. The van der Waals surface area contributed by atoms with Gasteiger partial charge in [-0.3, -0.25) is 4.79 Å². The maximum atomic E-state index is 11.4. The van der Waals surface area contributed by atoms with Crippen LogP contribution in [0, 0.1) is 0 Å². The molecule has 0 aliphatic carbocycles. The molecule has 0 unspecified atom stereocenters. The van der Waals surface area contributed by atoms with Gasteiger partial charge in [0.2, 0.25) is 0 Å². The zero-order chi connectivity index (χ0) is 10.6. The molecule has 0 radical (unpaired) electrons. The van der Waals surface area contributed by atoms with Crippen molar-refractivity contribution in [2.24, 2.45) is 0 Å². The fourth-order valence-electron chi connectivity index (χ4n) is 1.15. The van der Waals surface area contributed by atoms with Gasteiger partial charge in [0.05, 0.1) is 18.1 Å². The summed E-state index contributed by atoms with van der Waals surface area (Å²) < 4.78 is 5.12. The molecule has 1 aromatic rings. The Morgan fingerprint density at radius 3 is 2.79 bits per heavy atom. The third-order valence-electron chi connectivity index (χ3n) is 1.91. The van der Waals surface area contributed by atoms with Crippen LogP contribution in [0.15, 0.2) is 18.2 Å². The molecular weight excluding hydrogens is 246 g/mol. The Morgan fingerprint density at radius 2 is 2.29 bits per heavy atom. The van der Waals surface area contributed by atoms with Crippen LogP contribution >= 0.6 is 15.9 Å². The van der Waals surface area contributed by atoms with Crippen LogP contribution in [-0.4, -0.2) is 25.3 Å². The highest BCUT2D eigenvalue weighted by Gasteiger charge is 2.07. The second kappa shape index (κ2) is 5.00. The summed E-state index contributed by atoms with van der Waals surface area (Å²) >= 11 is 3.13. The van der Waals surface area contributed by atoms with Gasteiger partial charge in [-0.05, 0) is 18.2 Å². The lowest BCUT2D eigenvalue weighted by Crippen LogP contribution is -2.02. The number of methoxy groups -OCH3 is 1. The predicted molar refractivity (Wildman–Crippen MR) is 60.7 cm³/mol. The molecule has 0 fully saturated rings. The van der Waals surface area contributed by atoms with Crippen molar-refractivity contribution >= 4 is 27.4 Å². The highest BCUT2D eigenvalue weighted by atomic mass is 79.9. The van der Waals surface area contributed by atoms with Crippen molar-refractivity contribution in [2.75, 3.05) is 24.8 Å². The van der Waals surface area contributed by atoms with Crippen LogP contribution < -0.4 is 10.1 Å². The number of ketones is 1. The van der Waals surface area contributed by atoms with Crippen molar-refractivity contribution in [1.29, 1.82) is 0 Å². The van der Waals surface area contributed by atoms with Gasteiger partial charge in [0.1, 0.15) is 5.75 Å². The van der Waals surface area contributed by atoms with E-state index >= 15 is 0 Å². The molecular formula is C10H12BrNO2. The maximum absolute atomic E-state index is 11.4. The van der Waals surface area contributed by atoms with Gasteiger partial charge in [0.25, 0.3) is 0 Å². The van der Waals surface area contributed by atoms with Crippen molar-refractivity contribution in [3.05, 3.63) is 23.8 Å². The van der Waals surface area contributed by atoms with Gasteiger partial charge in [-0.1, -0.05) is 15.9 Å². The molecule has 14 heavy (non-hydrogen) atoms. The number of ether oxygens (including phenoxy) is 1. The minimum absolute atomic E-state index is 0.0594. The van der Waals surface area contributed by atoms with E-state index in [9.17, 15) is 4.79 Å². The number of Topliss-reactive ketones (excluding diaryl/α,β-unsaturated/α-hetero) is 1. The van der Waals surface area contributed by atoms with Crippen LogP contribution in [0.4, 0.5) is 5.69 Å². The Bertz CT molecular complexity index is 339. The summed E-state index contributed by atoms with van der Waals surface area (Å²) in [6, 6.07) is 5.31. The lowest BCUT2D eigenvalue weighted by Gasteiger charge is -2.08. The van der Waals surface area contributed by atoms with Crippen molar-refractivity contribution in [3.8, 4) is 5.75 Å². The summed E-state index contributed by atoms with van der Waals surface area (Å²) in [5, 5.41) is 3.31. The first-order chi connectivity index (χ1) is 6.72. The number of rotatable bonds is 4. The van der Waals surface area contributed by atoms with Crippen LogP contribution in [0.3, 0.4) is 0 Å². The predicted octanol–water partition coefficient (Wildman–Crippen LogP) is 2.31. The normalized spacial score (nSPS) is 9.64. The van der Waals surface area contributed by atoms with E-state index in [1.807, 2.05) is 0 Å². The number of hydrogen-bond donors (Lipinski definition) is 1. The molecule has 0 spiro atoms. The SMILES string of the molecule is CNc1cc(C(=O)CBr)ccc1OC. The smallest absolute Gasteiger partial charge is 0.173 e. The first kappa shape index (κ1) is 11.0. The van der Waals surface area contributed by atoms with E-state index in [0.717, 1.165) is 11.4 Å². The minimum Gasteiger partial charge on any atom is -0.495 e. The Balaban J connectivity index is 3.07. The topological polar surface area (TPSA) is 38.3 Å². The van der Waals surface area contributed by atoms with Gasteiger partial charge in [0.15, 0.2) is 5.78 Å². The molecule has 0 amide bonds. The Morgan fingerprint density at radius 1 is 1.57 bits per heavy atom. The van der Waals surface area contributed by atoms with E-state index in [0.29, 0.717) is 10.9 Å². The molecule has 0 aromatic heterocycles. The van der Waals surface area contributed by atoms with Gasteiger partial charge in [0, 0.05) is 12.6 Å². The number of carbonyl (C=O) groups is 1. The maximum Gasteiger partial charge on any atom is 0.173 e. The van der Waals surface area contributed by atoms with Crippen LogP contribution in [0.25, 0.3) is 0 Å². The van der Waals surface area contributed by atoms with Gasteiger partial charge in [-0.15, -0.1) is 0 Å². The van der Waals surface area contributed by atoms with Crippen molar-refractivity contribution in [2.45, 2.75) is 0 Å². The Kier molecular flexibility index (Phi) is 3.95. The second-order valence-corrected chi connectivity index (χ2v) is 3.28. The van der Waals surface area contributed by atoms with E-state index in [-0.39, 0.29) is 5.78 Å². The molecule has 1 aromatic carbocycles. The van der Waals surface area contributed by atoms with Crippen molar-refractivity contribution < 1.29 is 9.53 Å². The Hall–Kier alpha value is -1.03. The summed E-state index contributed by atoms with van der Waals surface area (Å²) in [5.74, 6) is 0.794. The summed E-state index contributed by atoms with van der Waals surface area (Å²) in [6.45, 7) is 0. The quantitative estimate of drug-likeness (QED) is 0.665. The number of anilines is 1. The third kappa shape index (κ3) is 2.26. The fourth-order valence-corrected chi connectivity index (χ4v) is 1.48. The molecule has 4 heteroatoms. The molecule has 0 aliphatic rings. The standard InChI is InChI=1S/C10H12BrNO2/c1-12-8-5-7(9(13)6-11)3-4-10(8)14-2/h3-5,12H,6H2,1-2H3. The van der Waals surface area contributed by atoms with E-state index in [4.69, 9.17) is 4.74 Å². The monoisotopic (exact) mass is 257 g/mol. The van der Waals surface area contributed by atoms with E-state index in [1.54, 1.807) is 32.4 Å². The van der Waals surface area contributed by atoms with Crippen molar-refractivity contribution in [3.63, 3.8) is 0 Å². The summed E-state index contributed by atoms with van der Waals surface area (Å²) in [7, 11) is 3.39. The van der Waals surface area contributed by atoms with Gasteiger partial charge in [-0.25, -0.2) is 0 Å². The highest BCUT2D eigenvalue weighted by molar-refractivity contribution is 9.09. The summed E-state index contributed by atoms with van der Waals surface area (Å²) in [5.41, 5.74) is 1.49. The van der Waals surface area contributed by atoms with E-state index in [1.165, 1.54) is 0 Å². The van der Waals surface area contributed by atoms with Crippen LogP contribution in [0.1, 0.15) is 10.4 Å². The van der Waals surface area contributed by atoms with E-state index in [2.05, 4.69) is 21.2 Å². The average molecular weight is 258 g/mol. The molecule has 1 rings (SSSR count). The first-order valence-corrected chi connectivity index (χ1v) is 5.30. The average Bonchev–Trinajstić information content (AvgIpc) is 2.26. The number of hydrogen-bond acceptors (Lipinski definition) is 3. The second-order valence-electron chi connectivity index (χ2n) is 2.72. The summed E-state index contributed by atoms with van der Waals surface area (Å²) in [4.78, 5) is 11.4. The fraction of sp³-hybridized carbons (Fsp3) is 0.300. The molecule has 0 atom stereocenters. The molecule has 0 saturated carbocycles. The van der Waals surface area contributed by atoms with Gasteiger partial charge < -0.3 is 10.1 Å². The number of benzene rings is 1. The molecule has 0 heterocycles. The zero-order valence-corrected chi connectivity index (χ0v) is 9.72. The Labute approximate surface area is 91.6 Å². The van der Waals surface area contributed by atoms with Crippen LogP contribution in [-0.2, 0) is 0 Å². The molecule has 1 N–H and O–H groups in total. The lowest BCUT2D eigenvalue weighted by atomic mass is 10.1. The lowest BCUT2D eigenvalue weighted by molar-refractivity contribution is 0.102. The molecule has 76 valence electrons. The van der Waals surface area contributed by atoms with Gasteiger partial charge in [-0.2, -0.15) is 0 Å². The summed E-state index contributed by atoms with van der Waals surface area (Å²) in [6.07, 6.45) is 0. The molecule has 3 nitrogen and oxygen atoms in total. The van der Waals surface area contributed by atoms with Gasteiger partial charge >= 0.3 is 0 Å². The molecule has 0 aliphatic heterocycles. The van der Waals surface area contributed by atoms with Crippen molar-refractivity contribution in [1.82, 2.24) is 0 Å². The zero-order valence-electron chi connectivity index (χ0n) is 8.13. The minimum atomic E-state index is 0.0594. The molecule has 0 saturated heterocycles. The van der Waals surface area contributed by atoms with Crippen LogP contribution in [0.2, 0.25) is 0 Å². The molecule has 0 bridgehead atoms. The number of alkyl halides is 1. The van der Waals surface area contributed by atoms with E-state index < -0.39 is 0 Å². The number of nitrogens with one attached hydrogen (secondary N) is 1.